The fraction of sp³-hybridized carbons (Fsp3) is 0.824. The van der Waals surface area contributed by atoms with Gasteiger partial charge >= 0.3 is 5.97 Å². The minimum atomic E-state index is -0.788. The fourth-order valence-electron chi connectivity index (χ4n) is 3.09. The SMILES string of the molecule is CCCC(C(=O)N(C)CC(=O)N1CCC(C(=O)O)CC1)C(C)C. The Kier molecular flexibility index (Phi) is 7.52. The van der Waals surface area contributed by atoms with Crippen LogP contribution >= 0.6 is 0 Å². The minimum absolute atomic E-state index is 0.0237. The van der Waals surface area contributed by atoms with Crippen molar-refractivity contribution in [3.05, 3.63) is 0 Å². The maximum atomic E-state index is 12.5. The lowest BCUT2D eigenvalue weighted by Gasteiger charge is -2.32. The van der Waals surface area contributed by atoms with E-state index in [1.54, 1.807) is 11.9 Å². The molecule has 1 fully saturated rings. The third kappa shape index (κ3) is 5.52. The fourth-order valence-corrected chi connectivity index (χ4v) is 3.09. The molecule has 0 aromatic rings. The molecule has 0 radical (unpaired) electrons. The first-order chi connectivity index (χ1) is 10.8. The van der Waals surface area contributed by atoms with Gasteiger partial charge in [0, 0.05) is 26.1 Å². The Morgan fingerprint density at radius 2 is 1.78 bits per heavy atom. The van der Waals surface area contributed by atoms with Gasteiger partial charge in [0.1, 0.15) is 0 Å². The number of likely N-dealkylation sites (tertiary alicyclic amines) is 1. The van der Waals surface area contributed by atoms with Crippen LogP contribution in [0.4, 0.5) is 0 Å². The minimum Gasteiger partial charge on any atom is -0.481 e. The highest BCUT2D eigenvalue weighted by Crippen LogP contribution is 2.20. The van der Waals surface area contributed by atoms with Crippen molar-refractivity contribution in [3.8, 4) is 0 Å². The Balaban J connectivity index is 2.53. The van der Waals surface area contributed by atoms with E-state index in [-0.39, 0.29) is 36.1 Å². The highest BCUT2D eigenvalue weighted by atomic mass is 16.4. The van der Waals surface area contributed by atoms with E-state index >= 15 is 0 Å². The lowest BCUT2D eigenvalue weighted by Crippen LogP contribution is -2.46. The second-order valence-electron chi connectivity index (χ2n) is 6.83. The van der Waals surface area contributed by atoms with E-state index in [4.69, 9.17) is 5.11 Å². The molecule has 23 heavy (non-hydrogen) atoms. The molecule has 1 unspecified atom stereocenters. The number of rotatable bonds is 7. The van der Waals surface area contributed by atoms with Crippen LogP contribution in [-0.2, 0) is 14.4 Å². The highest BCUT2D eigenvalue weighted by Gasteiger charge is 2.29. The quantitative estimate of drug-likeness (QED) is 0.774. The van der Waals surface area contributed by atoms with Crippen LogP contribution in [-0.4, -0.2) is 59.4 Å². The molecule has 0 bridgehead atoms. The largest absolute Gasteiger partial charge is 0.481 e. The molecule has 6 heteroatoms. The van der Waals surface area contributed by atoms with Gasteiger partial charge < -0.3 is 14.9 Å². The number of nitrogens with zero attached hydrogens (tertiary/aromatic N) is 2. The van der Waals surface area contributed by atoms with E-state index in [1.807, 2.05) is 13.8 Å². The molecule has 1 aliphatic heterocycles. The summed E-state index contributed by atoms with van der Waals surface area (Å²) in [6.07, 6.45) is 2.75. The first-order valence-corrected chi connectivity index (χ1v) is 8.53. The first kappa shape index (κ1) is 19.5. The summed E-state index contributed by atoms with van der Waals surface area (Å²) in [7, 11) is 1.68. The zero-order valence-electron chi connectivity index (χ0n) is 14.7. The van der Waals surface area contributed by atoms with Gasteiger partial charge in [-0.2, -0.15) is 0 Å². The summed E-state index contributed by atoms with van der Waals surface area (Å²) >= 11 is 0. The molecule has 1 N–H and O–H groups in total. The van der Waals surface area contributed by atoms with Crippen LogP contribution in [0, 0.1) is 17.8 Å². The van der Waals surface area contributed by atoms with Crippen molar-refractivity contribution >= 4 is 17.8 Å². The Hall–Kier alpha value is -1.59. The van der Waals surface area contributed by atoms with Gasteiger partial charge in [-0.15, -0.1) is 0 Å². The van der Waals surface area contributed by atoms with Crippen molar-refractivity contribution in [2.75, 3.05) is 26.7 Å². The van der Waals surface area contributed by atoms with Gasteiger partial charge in [0.05, 0.1) is 12.5 Å². The molecule has 132 valence electrons. The molecule has 0 saturated carbocycles. The molecule has 6 nitrogen and oxygen atoms in total. The molecule has 1 atom stereocenters. The Labute approximate surface area is 138 Å². The van der Waals surface area contributed by atoms with Gasteiger partial charge in [0.15, 0.2) is 0 Å². The number of carbonyl (C=O) groups excluding carboxylic acids is 2. The maximum absolute atomic E-state index is 12.5. The van der Waals surface area contributed by atoms with Gasteiger partial charge in [-0.25, -0.2) is 0 Å². The summed E-state index contributed by atoms with van der Waals surface area (Å²) in [5.74, 6) is -1.00. The predicted molar refractivity (Wildman–Crippen MR) is 87.8 cm³/mol. The van der Waals surface area contributed by atoms with Gasteiger partial charge in [-0.3, -0.25) is 14.4 Å². The van der Waals surface area contributed by atoms with Crippen molar-refractivity contribution in [1.82, 2.24) is 9.80 Å². The zero-order valence-corrected chi connectivity index (χ0v) is 14.7. The average Bonchev–Trinajstić information content (AvgIpc) is 2.51. The highest BCUT2D eigenvalue weighted by molar-refractivity contribution is 5.86. The molecule has 0 aliphatic carbocycles. The summed E-state index contributed by atoms with van der Waals surface area (Å²) in [6, 6.07) is 0. The molecule has 1 aliphatic rings. The van der Waals surface area contributed by atoms with Crippen LogP contribution in [0.25, 0.3) is 0 Å². The van der Waals surface area contributed by atoms with E-state index in [0.29, 0.717) is 25.9 Å². The van der Waals surface area contributed by atoms with Crippen molar-refractivity contribution < 1.29 is 19.5 Å². The predicted octanol–water partition coefficient (Wildman–Crippen LogP) is 1.84. The summed E-state index contributed by atoms with van der Waals surface area (Å²) in [5.41, 5.74) is 0. The van der Waals surface area contributed by atoms with Crippen molar-refractivity contribution in [1.29, 1.82) is 0 Å². The van der Waals surface area contributed by atoms with E-state index < -0.39 is 5.97 Å². The van der Waals surface area contributed by atoms with Crippen molar-refractivity contribution in [2.45, 2.75) is 46.5 Å². The molecule has 1 saturated heterocycles. The first-order valence-electron chi connectivity index (χ1n) is 8.53. The zero-order chi connectivity index (χ0) is 17.6. The summed E-state index contributed by atoms with van der Waals surface area (Å²) in [4.78, 5) is 39.0. The van der Waals surface area contributed by atoms with Crippen LogP contribution in [0.5, 0.6) is 0 Å². The second-order valence-corrected chi connectivity index (χ2v) is 6.83. The van der Waals surface area contributed by atoms with E-state index in [9.17, 15) is 14.4 Å². The van der Waals surface area contributed by atoms with Crippen LogP contribution in [0.3, 0.4) is 0 Å². The van der Waals surface area contributed by atoms with E-state index in [1.165, 1.54) is 4.90 Å². The van der Waals surface area contributed by atoms with E-state index in [2.05, 4.69) is 6.92 Å². The van der Waals surface area contributed by atoms with Gasteiger partial charge in [-0.05, 0) is 25.2 Å². The summed E-state index contributed by atoms with van der Waals surface area (Å²) in [5, 5.41) is 8.99. The standard InChI is InChI=1S/C17H30N2O4/c1-5-6-14(12(2)3)16(21)18(4)11-15(20)19-9-7-13(8-10-19)17(22)23/h12-14H,5-11H2,1-4H3,(H,22,23). The number of hydrogen-bond acceptors (Lipinski definition) is 3. The monoisotopic (exact) mass is 326 g/mol. The van der Waals surface area contributed by atoms with Crippen molar-refractivity contribution in [2.24, 2.45) is 17.8 Å². The van der Waals surface area contributed by atoms with Crippen molar-refractivity contribution in [3.63, 3.8) is 0 Å². The van der Waals surface area contributed by atoms with Crippen LogP contribution in [0.15, 0.2) is 0 Å². The van der Waals surface area contributed by atoms with Gasteiger partial charge in [0.25, 0.3) is 0 Å². The summed E-state index contributed by atoms with van der Waals surface area (Å²) in [6.45, 7) is 7.11. The third-order valence-electron chi connectivity index (χ3n) is 4.67. The van der Waals surface area contributed by atoms with E-state index in [0.717, 1.165) is 12.8 Å². The topological polar surface area (TPSA) is 77.9 Å². The lowest BCUT2D eigenvalue weighted by atomic mass is 9.90. The average molecular weight is 326 g/mol. The number of piperidine rings is 1. The Morgan fingerprint density at radius 1 is 1.22 bits per heavy atom. The number of carbonyl (C=O) groups is 3. The van der Waals surface area contributed by atoms with Crippen LogP contribution < -0.4 is 0 Å². The van der Waals surface area contributed by atoms with Crippen LogP contribution in [0.2, 0.25) is 0 Å². The smallest absolute Gasteiger partial charge is 0.306 e. The number of carboxylic acids is 1. The molecule has 0 aromatic carbocycles. The van der Waals surface area contributed by atoms with Crippen LogP contribution in [0.1, 0.15) is 46.5 Å². The second kappa shape index (κ2) is 8.89. The van der Waals surface area contributed by atoms with Gasteiger partial charge in [-0.1, -0.05) is 27.2 Å². The molecule has 1 heterocycles. The number of aliphatic carboxylic acids is 1. The lowest BCUT2D eigenvalue weighted by molar-refractivity contribution is -0.147. The molecule has 2 amide bonds. The molecule has 0 spiro atoms. The Morgan fingerprint density at radius 3 is 2.22 bits per heavy atom. The molecule has 0 aromatic heterocycles. The summed E-state index contributed by atoms with van der Waals surface area (Å²) < 4.78 is 0. The number of likely N-dealkylation sites (N-methyl/N-ethyl adjacent to an activating group) is 1. The molecular weight excluding hydrogens is 296 g/mol. The maximum Gasteiger partial charge on any atom is 0.306 e. The van der Waals surface area contributed by atoms with Gasteiger partial charge in [0.2, 0.25) is 11.8 Å². The molecular formula is C17H30N2O4. The number of hydrogen-bond donors (Lipinski definition) is 1. The Bertz CT molecular complexity index is 428. The number of carboxylic acid groups (broad SMARTS) is 1. The normalized spacial score (nSPS) is 17.2. The third-order valence-corrected chi connectivity index (χ3v) is 4.67. The molecule has 1 rings (SSSR count). The number of amides is 2.